The monoisotopic (exact) mass is 195 g/mol. The Labute approximate surface area is 66.2 Å². The molecule has 0 aromatic heterocycles. The summed E-state index contributed by atoms with van der Waals surface area (Å²) in [5.41, 5.74) is 0. The Balaban J connectivity index is 3.44. The van der Waals surface area contributed by atoms with Crippen LogP contribution in [0.5, 0.6) is 0 Å². The zero-order chi connectivity index (χ0) is 8.85. The molecule has 0 aromatic rings. The first kappa shape index (κ1) is 10.2. The standard InChI is InChI=1S/C3H7O6Si2/c1-3(9-11(6)7)2-8-10(4)5/h3-4H,2H2,1H3/q-1. The summed E-state index contributed by atoms with van der Waals surface area (Å²) >= 11 is 0. The van der Waals surface area contributed by atoms with Crippen molar-refractivity contribution in [2.24, 2.45) is 0 Å². The first-order valence-electron chi connectivity index (χ1n) is 2.75. The maximum Gasteiger partial charge on any atom is 0.764 e. The Morgan fingerprint density at radius 3 is 2.55 bits per heavy atom. The van der Waals surface area contributed by atoms with Crippen molar-refractivity contribution in [3.8, 4) is 0 Å². The van der Waals surface area contributed by atoms with Gasteiger partial charge >= 0.3 is 18.3 Å². The first-order chi connectivity index (χ1) is 5.02. The summed E-state index contributed by atoms with van der Waals surface area (Å²) < 4.78 is 28.3. The van der Waals surface area contributed by atoms with Gasteiger partial charge in [0.05, 0.1) is 12.7 Å². The molecule has 0 spiro atoms. The quantitative estimate of drug-likeness (QED) is 0.491. The molecule has 8 heteroatoms. The molecule has 0 rings (SSSR count). The summed E-state index contributed by atoms with van der Waals surface area (Å²) in [6.45, 7) is 1.22. The number of hydrogen-bond donors (Lipinski definition) is 1. The van der Waals surface area contributed by atoms with Crippen LogP contribution >= 0.6 is 0 Å². The molecule has 0 heterocycles. The van der Waals surface area contributed by atoms with E-state index in [0.717, 1.165) is 0 Å². The van der Waals surface area contributed by atoms with Crippen LogP contribution in [0.25, 0.3) is 0 Å². The van der Waals surface area contributed by atoms with Crippen molar-refractivity contribution in [3.05, 3.63) is 0 Å². The minimum atomic E-state index is -3.23. The fraction of sp³-hybridized carbons (Fsp3) is 1.00. The van der Waals surface area contributed by atoms with Crippen LogP contribution < -0.4 is 4.80 Å². The normalized spacial score (nSPS) is 11.7. The fourth-order valence-electron chi connectivity index (χ4n) is 0.387. The molecule has 1 N–H and O–H groups in total. The van der Waals surface area contributed by atoms with E-state index in [4.69, 9.17) is 4.80 Å². The third-order valence-corrected chi connectivity index (χ3v) is 1.75. The van der Waals surface area contributed by atoms with Crippen molar-refractivity contribution in [1.82, 2.24) is 0 Å². The molecule has 0 aliphatic heterocycles. The molecule has 0 fully saturated rings. The third-order valence-electron chi connectivity index (χ3n) is 0.739. The Morgan fingerprint density at radius 2 is 2.18 bits per heavy atom. The number of hydrogen-bond acceptors (Lipinski definition) is 5. The van der Waals surface area contributed by atoms with Crippen LogP contribution in [0.1, 0.15) is 6.92 Å². The molecule has 0 radical (unpaired) electrons. The lowest BCUT2D eigenvalue weighted by molar-refractivity contribution is -0.234. The molecule has 0 saturated carbocycles. The lowest BCUT2D eigenvalue weighted by Gasteiger charge is -2.15. The minimum absolute atomic E-state index is 0.201. The highest BCUT2D eigenvalue weighted by atomic mass is 28.3. The number of rotatable bonds is 5. The molecule has 0 bridgehead atoms. The summed E-state index contributed by atoms with van der Waals surface area (Å²) in [5.74, 6) is 0. The van der Waals surface area contributed by atoms with Crippen LogP contribution in [0.4, 0.5) is 0 Å². The summed E-state index contributed by atoms with van der Waals surface area (Å²) in [5, 5.41) is 0. The first-order valence-corrected chi connectivity index (χ1v) is 5.24. The smallest absolute Gasteiger partial charge is 0.582 e. The maximum absolute atomic E-state index is 9.95. The molecule has 64 valence electrons. The van der Waals surface area contributed by atoms with E-state index in [1.165, 1.54) is 6.92 Å². The van der Waals surface area contributed by atoms with Crippen LogP contribution in [-0.4, -0.2) is 35.8 Å². The highest BCUT2D eigenvalue weighted by Gasteiger charge is 2.07. The fourth-order valence-corrected chi connectivity index (χ4v) is 1.16. The molecule has 6 nitrogen and oxygen atoms in total. The molecular formula is C3H7O6Si2-. The van der Waals surface area contributed by atoms with E-state index in [9.17, 15) is 13.7 Å². The van der Waals surface area contributed by atoms with E-state index in [1.807, 2.05) is 0 Å². The zero-order valence-electron chi connectivity index (χ0n) is 5.77. The molecule has 11 heavy (non-hydrogen) atoms. The topological polar surface area (TPSA) is 95.9 Å². The van der Waals surface area contributed by atoms with Gasteiger partial charge in [0.25, 0.3) is 0 Å². The lowest BCUT2D eigenvalue weighted by atomic mass is 10.5. The second kappa shape index (κ2) is 4.96. The van der Waals surface area contributed by atoms with Gasteiger partial charge in [-0.25, -0.2) is 0 Å². The average Bonchev–Trinajstić information content (AvgIpc) is 1.82. The van der Waals surface area contributed by atoms with Crippen molar-refractivity contribution in [1.29, 1.82) is 0 Å². The zero-order valence-corrected chi connectivity index (χ0v) is 7.77. The van der Waals surface area contributed by atoms with Gasteiger partial charge in [-0.05, 0) is 6.92 Å². The van der Waals surface area contributed by atoms with E-state index < -0.39 is 24.4 Å². The third kappa shape index (κ3) is 7.13. The summed E-state index contributed by atoms with van der Waals surface area (Å²) in [7, 11) is -6.22. The maximum atomic E-state index is 9.95. The highest BCUT2D eigenvalue weighted by Crippen LogP contribution is 1.88. The molecule has 0 aliphatic rings. The molecule has 0 aromatic carbocycles. The van der Waals surface area contributed by atoms with Gasteiger partial charge in [-0.1, -0.05) is 0 Å². The van der Waals surface area contributed by atoms with Gasteiger partial charge < -0.3 is 22.9 Å². The van der Waals surface area contributed by atoms with Crippen molar-refractivity contribution < 1.29 is 27.4 Å². The molecule has 0 saturated heterocycles. The van der Waals surface area contributed by atoms with E-state index >= 15 is 0 Å². The van der Waals surface area contributed by atoms with E-state index in [2.05, 4.69) is 8.85 Å². The van der Waals surface area contributed by atoms with Gasteiger partial charge in [-0.2, -0.15) is 0 Å². The van der Waals surface area contributed by atoms with E-state index in [-0.39, 0.29) is 6.61 Å². The van der Waals surface area contributed by atoms with Crippen molar-refractivity contribution in [2.45, 2.75) is 13.0 Å². The van der Waals surface area contributed by atoms with Crippen LogP contribution in [0.2, 0.25) is 0 Å². The summed E-state index contributed by atoms with van der Waals surface area (Å²) in [4.78, 5) is 18.1. The molecule has 1 atom stereocenters. The van der Waals surface area contributed by atoms with Crippen molar-refractivity contribution in [3.63, 3.8) is 0 Å². The van der Waals surface area contributed by atoms with Gasteiger partial charge in [0.15, 0.2) is 0 Å². The van der Waals surface area contributed by atoms with Crippen LogP contribution in [0, 0.1) is 0 Å². The Morgan fingerprint density at radius 1 is 1.64 bits per heavy atom. The van der Waals surface area contributed by atoms with Crippen molar-refractivity contribution in [2.75, 3.05) is 6.61 Å². The highest BCUT2D eigenvalue weighted by molar-refractivity contribution is 6.24. The van der Waals surface area contributed by atoms with Crippen LogP contribution in [-0.2, 0) is 17.8 Å². The van der Waals surface area contributed by atoms with Gasteiger partial charge in [-0.15, -0.1) is 0 Å². The lowest BCUT2D eigenvalue weighted by Crippen LogP contribution is -2.31. The van der Waals surface area contributed by atoms with E-state index in [0.29, 0.717) is 0 Å². The molecule has 0 amide bonds. The van der Waals surface area contributed by atoms with E-state index in [1.54, 1.807) is 0 Å². The predicted octanol–water partition coefficient (Wildman–Crippen LogP) is -2.41. The SMILES string of the molecule is CC(CO[Si](=O)O)O[Si](=O)[O-]. The van der Waals surface area contributed by atoms with Crippen LogP contribution in [0.15, 0.2) is 0 Å². The Kier molecular flexibility index (Phi) is 4.61. The Hall–Kier alpha value is -0.766. The minimum Gasteiger partial charge on any atom is -0.582 e. The van der Waals surface area contributed by atoms with Crippen molar-refractivity contribution >= 4 is 18.3 Å². The summed E-state index contributed by atoms with van der Waals surface area (Å²) in [6, 6.07) is 0. The second-order valence-electron chi connectivity index (χ2n) is 1.76. The molecule has 0 aliphatic carbocycles. The van der Waals surface area contributed by atoms with Gasteiger partial charge in [0.2, 0.25) is 0 Å². The van der Waals surface area contributed by atoms with Gasteiger partial charge in [-0.3, -0.25) is 4.46 Å². The molecular weight excluding hydrogens is 188 g/mol. The Bertz CT molecular complexity index is 158. The van der Waals surface area contributed by atoms with Crippen LogP contribution in [0.3, 0.4) is 0 Å². The van der Waals surface area contributed by atoms with Gasteiger partial charge in [0.1, 0.15) is 0 Å². The average molecular weight is 195 g/mol. The molecule has 1 unspecified atom stereocenters. The largest absolute Gasteiger partial charge is 0.764 e. The van der Waals surface area contributed by atoms with Gasteiger partial charge in [0, 0.05) is 0 Å². The summed E-state index contributed by atoms with van der Waals surface area (Å²) in [6.07, 6.45) is -0.708. The predicted molar refractivity (Wildman–Crippen MR) is 31.6 cm³/mol. The second-order valence-corrected chi connectivity index (χ2v) is 3.31.